The van der Waals surface area contributed by atoms with Gasteiger partial charge in [0.05, 0.1) is 40.0 Å². The maximum atomic E-state index is 6.49. The lowest BCUT2D eigenvalue weighted by atomic mass is 9.77. The van der Waals surface area contributed by atoms with Gasteiger partial charge in [-0.05, 0) is 126 Å². The number of unbranched alkanes of at least 4 members (excludes halogenated alkanes) is 1. The average Bonchev–Trinajstić information content (AvgIpc) is 3.60. The first-order chi connectivity index (χ1) is 23.6. The minimum absolute atomic E-state index is 0.423. The molecule has 0 radical (unpaired) electrons. The SMILES string of the molecule is CCCCC(CC)COc1ccc2cc(-n3c4ccc(B5OC(C)(C)C(C)(C)O5)cc4c4cc(B5OC(C)(C)C(C)(C)O5)ccc43)ccc2c1. The molecule has 4 aromatic carbocycles. The number of aromatic nitrogens is 1. The van der Waals surface area contributed by atoms with E-state index < -0.39 is 36.6 Å². The van der Waals surface area contributed by atoms with E-state index in [-0.39, 0.29) is 0 Å². The normalized spacial score (nSPS) is 20.0. The Hall–Kier alpha value is -3.29. The Morgan fingerprint density at radius 2 is 1.12 bits per heavy atom. The highest BCUT2D eigenvalue weighted by atomic mass is 16.7. The van der Waals surface area contributed by atoms with Crippen LogP contribution in [0.2, 0.25) is 0 Å². The molecule has 7 rings (SSSR count). The van der Waals surface area contributed by atoms with E-state index in [9.17, 15) is 0 Å². The maximum Gasteiger partial charge on any atom is 0.494 e. The van der Waals surface area contributed by atoms with E-state index >= 15 is 0 Å². The summed E-state index contributed by atoms with van der Waals surface area (Å²) in [4.78, 5) is 0. The van der Waals surface area contributed by atoms with Gasteiger partial charge in [-0.2, -0.15) is 0 Å². The van der Waals surface area contributed by atoms with Crippen molar-refractivity contribution in [1.29, 1.82) is 0 Å². The summed E-state index contributed by atoms with van der Waals surface area (Å²) in [5, 5.41) is 4.59. The number of nitrogens with zero attached hydrogens (tertiary/aromatic N) is 1. The van der Waals surface area contributed by atoms with E-state index in [1.807, 2.05) is 0 Å². The van der Waals surface area contributed by atoms with Crippen molar-refractivity contribution in [3.8, 4) is 11.4 Å². The highest BCUT2D eigenvalue weighted by Gasteiger charge is 2.53. The molecule has 0 bridgehead atoms. The van der Waals surface area contributed by atoms with Crippen molar-refractivity contribution in [1.82, 2.24) is 4.57 Å². The largest absolute Gasteiger partial charge is 0.494 e. The molecule has 2 aliphatic rings. The molecular weight excluding hydrogens is 620 g/mol. The Bertz CT molecular complexity index is 1920. The minimum Gasteiger partial charge on any atom is -0.493 e. The first kappa shape index (κ1) is 35.1. The molecule has 0 saturated carbocycles. The van der Waals surface area contributed by atoms with Crippen molar-refractivity contribution in [3.63, 3.8) is 0 Å². The third-order valence-electron chi connectivity index (χ3n) is 11.9. The highest BCUT2D eigenvalue weighted by Crippen LogP contribution is 2.39. The van der Waals surface area contributed by atoms with Gasteiger partial charge >= 0.3 is 14.2 Å². The molecule has 50 heavy (non-hydrogen) atoms. The third kappa shape index (κ3) is 6.17. The van der Waals surface area contributed by atoms with Crippen LogP contribution in [0.4, 0.5) is 0 Å². The van der Waals surface area contributed by atoms with E-state index in [0.717, 1.165) is 57.2 Å². The zero-order chi connectivity index (χ0) is 35.6. The van der Waals surface area contributed by atoms with Gasteiger partial charge < -0.3 is 27.9 Å². The summed E-state index contributed by atoms with van der Waals surface area (Å²) in [7, 11) is -0.907. The van der Waals surface area contributed by atoms with Crippen LogP contribution in [0.5, 0.6) is 5.75 Å². The summed E-state index contributed by atoms with van der Waals surface area (Å²) in [5.41, 5.74) is 3.64. The van der Waals surface area contributed by atoms with Crippen LogP contribution in [0.3, 0.4) is 0 Å². The molecule has 1 unspecified atom stereocenters. The standard InChI is InChI=1S/C42H53B2NO5/c1-11-13-14-28(12-2)27-46-34-20-16-29-23-33(19-15-30(29)24-34)45-37-21-17-31(43-47-39(3,4)40(5,6)48-43)25-35(37)36-26-32(18-22-38(36)45)44-49-41(7,8)42(9,10)50-44/h15-26,28H,11-14,27H2,1-10H3. The van der Waals surface area contributed by atoms with Gasteiger partial charge in [-0.25, -0.2) is 0 Å². The quantitative estimate of drug-likeness (QED) is 0.139. The molecule has 2 saturated heterocycles. The van der Waals surface area contributed by atoms with Crippen LogP contribution in [0.25, 0.3) is 38.3 Å². The van der Waals surface area contributed by atoms with Crippen molar-refractivity contribution in [2.45, 2.75) is 117 Å². The predicted molar refractivity (Wildman–Crippen MR) is 209 cm³/mol. The lowest BCUT2D eigenvalue weighted by Gasteiger charge is -2.32. The fraction of sp³-hybridized carbons (Fsp3) is 0.476. The van der Waals surface area contributed by atoms with Gasteiger partial charge in [0.25, 0.3) is 0 Å². The van der Waals surface area contributed by atoms with E-state index in [0.29, 0.717) is 5.92 Å². The van der Waals surface area contributed by atoms with E-state index in [2.05, 4.69) is 147 Å². The molecule has 262 valence electrons. The van der Waals surface area contributed by atoms with E-state index in [1.54, 1.807) is 0 Å². The van der Waals surface area contributed by atoms with Gasteiger partial charge in [0.1, 0.15) is 5.75 Å². The Morgan fingerprint density at radius 1 is 0.620 bits per heavy atom. The molecular formula is C42H53B2NO5. The highest BCUT2D eigenvalue weighted by molar-refractivity contribution is 6.63. The van der Waals surface area contributed by atoms with Crippen LogP contribution in [-0.4, -0.2) is 47.8 Å². The number of ether oxygens (including phenoxy) is 1. The zero-order valence-electron chi connectivity index (χ0n) is 31.7. The van der Waals surface area contributed by atoms with Crippen LogP contribution in [0, 0.1) is 5.92 Å². The van der Waals surface area contributed by atoms with Gasteiger partial charge in [0, 0.05) is 16.5 Å². The Labute approximate surface area is 299 Å². The molecule has 6 nitrogen and oxygen atoms in total. The molecule has 1 aromatic heterocycles. The molecule has 0 spiro atoms. The van der Waals surface area contributed by atoms with Crippen molar-refractivity contribution < 1.29 is 23.4 Å². The summed E-state index contributed by atoms with van der Waals surface area (Å²) in [6.45, 7) is 22.0. The zero-order valence-corrected chi connectivity index (χ0v) is 31.7. The van der Waals surface area contributed by atoms with Crippen LogP contribution >= 0.6 is 0 Å². The fourth-order valence-corrected chi connectivity index (χ4v) is 7.14. The van der Waals surface area contributed by atoms with Crippen molar-refractivity contribution >= 4 is 57.7 Å². The number of hydrogen-bond acceptors (Lipinski definition) is 5. The van der Waals surface area contributed by atoms with Crippen molar-refractivity contribution in [3.05, 3.63) is 72.8 Å². The molecule has 0 aliphatic carbocycles. The minimum atomic E-state index is -0.453. The molecule has 0 amide bonds. The Balaban J connectivity index is 1.29. The number of hydrogen-bond donors (Lipinski definition) is 0. The molecule has 2 fully saturated rings. The van der Waals surface area contributed by atoms with Crippen molar-refractivity contribution in [2.75, 3.05) is 6.61 Å². The molecule has 8 heteroatoms. The summed E-state index contributed by atoms with van der Waals surface area (Å²) in [6.07, 6.45) is 4.85. The van der Waals surface area contributed by atoms with Crippen LogP contribution < -0.4 is 15.7 Å². The molecule has 2 aliphatic heterocycles. The second-order valence-electron chi connectivity index (χ2n) is 16.5. The monoisotopic (exact) mass is 673 g/mol. The Kier molecular flexibility index (Phi) is 8.95. The topological polar surface area (TPSA) is 51.1 Å². The van der Waals surface area contributed by atoms with Crippen molar-refractivity contribution in [2.24, 2.45) is 5.92 Å². The second-order valence-corrected chi connectivity index (χ2v) is 16.5. The van der Waals surface area contributed by atoms with Gasteiger partial charge in [-0.3, -0.25) is 0 Å². The smallest absolute Gasteiger partial charge is 0.493 e. The lowest BCUT2D eigenvalue weighted by Crippen LogP contribution is -2.41. The number of fused-ring (bicyclic) bond motifs is 4. The summed E-state index contributed by atoms with van der Waals surface area (Å²) >= 11 is 0. The van der Waals surface area contributed by atoms with Gasteiger partial charge in [-0.1, -0.05) is 69.5 Å². The first-order valence-corrected chi connectivity index (χ1v) is 18.6. The Morgan fingerprint density at radius 3 is 1.62 bits per heavy atom. The third-order valence-corrected chi connectivity index (χ3v) is 11.9. The molecule has 0 N–H and O–H groups in total. The molecule has 1 atom stereocenters. The van der Waals surface area contributed by atoms with Gasteiger partial charge in [0.2, 0.25) is 0 Å². The van der Waals surface area contributed by atoms with E-state index in [1.165, 1.54) is 30.0 Å². The van der Waals surface area contributed by atoms with Gasteiger partial charge in [0.15, 0.2) is 0 Å². The maximum absolute atomic E-state index is 6.49. The second kappa shape index (κ2) is 12.7. The molecule has 5 aromatic rings. The summed E-state index contributed by atoms with van der Waals surface area (Å²) < 4.78 is 34.6. The van der Waals surface area contributed by atoms with Crippen LogP contribution in [0.1, 0.15) is 94.9 Å². The summed E-state index contributed by atoms with van der Waals surface area (Å²) in [6, 6.07) is 26.3. The van der Waals surface area contributed by atoms with E-state index in [4.69, 9.17) is 23.4 Å². The number of benzene rings is 4. The van der Waals surface area contributed by atoms with Gasteiger partial charge in [-0.15, -0.1) is 0 Å². The fourth-order valence-electron chi connectivity index (χ4n) is 7.14. The first-order valence-electron chi connectivity index (χ1n) is 18.6. The number of rotatable bonds is 10. The predicted octanol–water partition coefficient (Wildman–Crippen LogP) is 9.13. The lowest BCUT2D eigenvalue weighted by molar-refractivity contribution is 0.00578. The average molecular weight is 674 g/mol. The van der Waals surface area contributed by atoms with Crippen LogP contribution in [0.15, 0.2) is 72.8 Å². The summed E-state index contributed by atoms with van der Waals surface area (Å²) in [5.74, 6) is 1.53. The molecule has 3 heterocycles. The van der Waals surface area contributed by atoms with Crippen LogP contribution in [-0.2, 0) is 18.6 Å².